The van der Waals surface area contributed by atoms with Crippen LogP contribution in [0.25, 0.3) is 43.8 Å². The molecule has 0 N–H and O–H groups in total. The van der Waals surface area contributed by atoms with E-state index in [4.69, 9.17) is 18.9 Å². The Kier molecular flexibility index (Phi) is 9.77. The SMILES string of the molecule is COc1cc(-c2c(C(=O)c3ccc4ccccc4c3-c3ccc(OCc4ccccc4)c(OC)c3)ccc3ccccc23)ccc1OCc1ccccc1. The molecule has 8 aromatic rings. The number of benzene rings is 8. The molecule has 0 atom stereocenters. The predicted molar refractivity (Wildman–Crippen MR) is 217 cm³/mol. The monoisotopic (exact) mass is 706 g/mol. The average Bonchev–Trinajstić information content (AvgIpc) is 3.24. The summed E-state index contributed by atoms with van der Waals surface area (Å²) in [5.41, 5.74) is 6.64. The number of carbonyl (C=O) groups is 1. The van der Waals surface area contributed by atoms with Crippen molar-refractivity contribution in [3.05, 3.63) is 192 Å². The highest BCUT2D eigenvalue weighted by Gasteiger charge is 2.24. The van der Waals surface area contributed by atoms with Crippen molar-refractivity contribution in [2.24, 2.45) is 0 Å². The smallest absolute Gasteiger partial charge is 0.194 e. The Morgan fingerprint density at radius 1 is 0.426 bits per heavy atom. The number of ketones is 1. The molecule has 0 aromatic heterocycles. The van der Waals surface area contributed by atoms with E-state index in [1.54, 1.807) is 14.2 Å². The highest BCUT2D eigenvalue weighted by Crippen LogP contribution is 2.42. The third-order valence-electron chi connectivity index (χ3n) is 9.73. The second-order valence-electron chi connectivity index (χ2n) is 13.0. The van der Waals surface area contributed by atoms with E-state index in [9.17, 15) is 0 Å². The minimum Gasteiger partial charge on any atom is -0.493 e. The van der Waals surface area contributed by atoms with Crippen LogP contribution < -0.4 is 18.9 Å². The van der Waals surface area contributed by atoms with Crippen molar-refractivity contribution < 1.29 is 23.7 Å². The van der Waals surface area contributed by atoms with E-state index in [1.807, 2.05) is 146 Å². The number of rotatable bonds is 12. The van der Waals surface area contributed by atoms with Crippen molar-refractivity contribution in [3.63, 3.8) is 0 Å². The molecule has 5 nitrogen and oxygen atoms in total. The second-order valence-corrected chi connectivity index (χ2v) is 13.0. The van der Waals surface area contributed by atoms with Gasteiger partial charge in [-0.3, -0.25) is 4.79 Å². The maximum Gasteiger partial charge on any atom is 0.194 e. The lowest BCUT2D eigenvalue weighted by molar-refractivity contribution is 0.104. The number of carbonyl (C=O) groups excluding carboxylic acids is 1. The lowest BCUT2D eigenvalue weighted by atomic mass is 9.85. The van der Waals surface area contributed by atoms with Crippen LogP contribution in [0.1, 0.15) is 27.0 Å². The van der Waals surface area contributed by atoms with Crippen LogP contribution in [0.3, 0.4) is 0 Å². The fourth-order valence-corrected chi connectivity index (χ4v) is 7.04. The molecule has 0 amide bonds. The van der Waals surface area contributed by atoms with E-state index in [-0.39, 0.29) is 5.78 Å². The molecular weight excluding hydrogens is 669 g/mol. The summed E-state index contributed by atoms with van der Waals surface area (Å²) in [4.78, 5) is 15.2. The van der Waals surface area contributed by atoms with Gasteiger partial charge in [0.2, 0.25) is 0 Å². The second kappa shape index (κ2) is 15.4. The molecule has 0 saturated heterocycles. The molecule has 0 bridgehead atoms. The maximum absolute atomic E-state index is 15.2. The van der Waals surface area contributed by atoms with Crippen molar-refractivity contribution in [3.8, 4) is 45.3 Å². The summed E-state index contributed by atoms with van der Waals surface area (Å²) in [5.74, 6) is 2.33. The van der Waals surface area contributed by atoms with E-state index in [1.165, 1.54) is 0 Å². The number of methoxy groups -OCH3 is 2. The van der Waals surface area contributed by atoms with Gasteiger partial charge in [-0.2, -0.15) is 0 Å². The molecular formula is C49H38O5. The summed E-state index contributed by atoms with van der Waals surface area (Å²) in [7, 11) is 3.27. The van der Waals surface area contributed by atoms with Gasteiger partial charge in [-0.1, -0.05) is 133 Å². The first-order chi connectivity index (χ1) is 26.6. The Labute approximate surface area is 315 Å². The summed E-state index contributed by atoms with van der Waals surface area (Å²) >= 11 is 0. The van der Waals surface area contributed by atoms with Gasteiger partial charge in [0.05, 0.1) is 14.2 Å². The Hall–Kier alpha value is -6.85. The average molecular weight is 707 g/mol. The van der Waals surface area contributed by atoms with Gasteiger partial charge in [0.1, 0.15) is 13.2 Å². The molecule has 0 fully saturated rings. The van der Waals surface area contributed by atoms with Crippen molar-refractivity contribution in [2.45, 2.75) is 13.2 Å². The summed E-state index contributed by atoms with van der Waals surface area (Å²) in [6.45, 7) is 0.814. The standard InChI is InChI=1S/C49H38O5/c1-51-45-29-37(23-27-43(45)53-31-33-13-5-3-6-14-33)47-39-19-11-9-17-35(39)21-25-41(47)49(50)42-26-22-36-18-10-12-20-40(36)48(42)38-24-28-44(46(30-38)52-2)54-32-34-15-7-4-8-16-34/h3-30H,31-32H2,1-2H3. The molecule has 8 aromatic carbocycles. The van der Waals surface area contributed by atoms with E-state index < -0.39 is 0 Å². The fraction of sp³-hybridized carbons (Fsp3) is 0.0816. The zero-order valence-electron chi connectivity index (χ0n) is 30.1. The van der Waals surface area contributed by atoms with E-state index >= 15 is 4.79 Å². The molecule has 0 saturated carbocycles. The van der Waals surface area contributed by atoms with Crippen molar-refractivity contribution in [1.29, 1.82) is 0 Å². The van der Waals surface area contributed by atoms with Crippen LogP contribution in [-0.4, -0.2) is 20.0 Å². The molecule has 0 aliphatic rings. The van der Waals surface area contributed by atoms with E-state index in [0.717, 1.165) is 54.9 Å². The van der Waals surface area contributed by atoms with Crippen LogP contribution in [0.15, 0.2) is 170 Å². The fourth-order valence-electron chi connectivity index (χ4n) is 7.04. The van der Waals surface area contributed by atoms with Crippen LogP contribution >= 0.6 is 0 Å². The molecule has 54 heavy (non-hydrogen) atoms. The largest absolute Gasteiger partial charge is 0.493 e. The third-order valence-corrected chi connectivity index (χ3v) is 9.73. The number of hydrogen-bond donors (Lipinski definition) is 0. The van der Waals surface area contributed by atoms with Crippen LogP contribution in [0.4, 0.5) is 0 Å². The van der Waals surface area contributed by atoms with Gasteiger partial charge in [0, 0.05) is 22.3 Å². The van der Waals surface area contributed by atoms with Gasteiger partial charge in [-0.05, 0) is 80.2 Å². The zero-order valence-corrected chi connectivity index (χ0v) is 30.1. The molecule has 0 radical (unpaired) electrons. The topological polar surface area (TPSA) is 54.0 Å². The van der Waals surface area contributed by atoms with Gasteiger partial charge in [0.25, 0.3) is 0 Å². The first kappa shape index (κ1) is 34.2. The third kappa shape index (κ3) is 6.87. The Morgan fingerprint density at radius 3 is 1.26 bits per heavy atom. The Balaban J connectivity index is 1.23. The molecule has 0 heterocycles. The minimum atomic E-state index is -0.0942. The zero-order chi connectivity index (χ0) is 36.9. The quantitative estimate of drug-likeness (QED) is 0.118. The van der Waals surface area contributed by atoms with Gasteiger partial charge in [0.15, 0.2) is 28.8 Å². The number of hydrogen-bond acceptors (Lipinski definition) is 5. The van der Waals surface area contributed by atoms with Crippen LogP contribution in [-0.2, 0) is 13.2 Å². The van der Waals surface area contributed by atoms with Crippen molar-refractivity contribution in [1.82, 2.24) is 0 Å². The van der Waals surface area contributed by atoms with E-state index in [2.05, 4.69) is 24.3 Å². The van der Waals surface area contributed by atoms with Crippen LogP contribution in [0.2, 0.25) is 0 Å². The highest BCUT2D eigenvalue weighted by molar-refractivity contribution is 6.22. The summed E-state index contributed by atoms with van der Waals surface area (Å²) in [6, 6.07) is 56.0. The lowest BCUT2D eigenvalue weighted by Gasteiger charge is -2.19. The normalized spacial score (nSPS) is 11.0. The Morgan fingerprint density at radius 2 is 0.833 bits per heavy atom. The minimum absolute atomic E-state index is 0.0942. The Bertz CT molecular complexity index is 2420. The van der Waals surface area contributed by atoms with Gasteiger partial charge in [-0.15, -0.1) is 0 Å². The first-order valence-corrected chi connectivity index (χ1v) is 17.9. The maximum atomic E-state index is 15.2. The molecule has 5 heteroatoms. The summed E-state index contributed by atoms with van der Waals surface area (Å²) < 4.78 is 24.1. The van der Waals surface area contributed by atoms with Gasteiger partial charge >= 0.3 is 0 Å². The summed E-state index contributed by atoms with van der Waals surface area (Å²) in [5, 5.41) is 3.99. The first-order valence-electron chi connectivity index (χ1n) is 17.9. The summed E-state index contributed by atoms with van der Waals surface area (Å²) in [6.07, 6.45) is 0. The molecule has 0 unspecified atom stereocenters. The predicted octanol–water partition coefficient (Wildman–Crippen LogP) is 11.7. The highest BCUT2D eigenvalue weighted by atomic mass is 16.5. The van der Waals surface area contributed by atoms with Gasteiger partial charge in [-0.25, -0.2) is 0 Å². The molecule has 264 valence electrons. The lowest BCUT2D eigenvalue weighted by Crippen LogP contribution is -2.07. The van der Waals surface area contributed by atoms with Crippen molar-refractivity contribution >= 4 is 27.3 Å². The van der Waals surface area contributed by atoms with E-state index in [0.29, 0.717) is 47.3 Å². The molecule has 0 aliphatic carbocycles. The molecule has 0 aliphatic heterocycles. The van der Waals surface area contributed by atoms with Crippen LogP contribution in [0, 0.1) is 0 Å². The van der Waals surface area contributed by atoms with Crippen LogP contribution in [0.5, 0.6) is 23.0 Å². The molecule has 8 rings (SSSR count). The van der Waals surface area contributed by atoms with Gasteiger partial charge < -0.3 is 18.9 Å². The number of fused-ring (bicyclic) bond motifs is 2. The molecule has 0 spiro atoms. The number of ether oxygens (including phenoxy) is 4. The van der Waals surface area contributed by atoms with Crippen molar-refractivity contribution in [2.75, 3.05) is 14.2 Å².